The van der Waals surface area contributed by atoms with Crippen molar-refractivity contribution in [2.75, 3.05) is 34.5 Å². The summed E-state index contributed by atoms with van der Waals surface area (Å²) in [5.41, 5.74) is 0.653. The second kappa shape index (κ2) is 11.5. The number of hydrogen-bond donors (Lipinski definition) is 2. The average molecular weight is 437 g/mol. The Balaban J connectivity index is 2.19. The molecule has 2 aromatic carbocycles. The molecule has 0 aliphatic carbocycles. The van der Waals surface area contributed by atoms with Gasteiger partial charge in [0.25, 0.3) is 0 Å². The summed E-state index contributed by atoms with van der Waals surface area (Å²) in [5.74, 6) is 0.931. The highest BCUT2D eigenvalue weighted by molar-refractivity contribution is 7.89. The highest BCUT2D eigenvalue weighted by Gasteiger charge is 2.24. The highest BCUT2D eigenvalue weighted by atomic mass is 32.2. The molecule has 0 bridgehead atoms. The summed E-state index contributed by atoms with van der Waals surface area (Å²) in [6.07, 6.45) is 0.627. The molecule has 30 heavy (non-hydrogen) atoms. The van der Waals surface area contributed by atoms with Gasteiger partial charge >= 0.3 is 0 Å². The number of methoxy groups -OCH3 is 3. The topological polar surface area (TPSA) is 103 Å². The maximum Gasteiger partial charge on any atom is 0.241 e. The van der Waals surface area contributed by atoms with Crippen LogP contribution in [0.15, 0.2) is 53.4 Å². The fourth-order valence-electron chi connectivity index (χ4n) is 2.78. The molecule has 1 amide bonds. The Kier molecular flexibility index (Phi) is 9.10. The van der Waals surface area contributed by atoms with E-state index in [2.05, 4.69) is 10.0 Å². The smallest absolute Gasteiger partial charge is 0.241 e. The van der Waals surface area contributed by atoms with Crippen LogP contribution in [0, 0.1) is 0 Å². The average Bonchev–Trinajstić information content (AvgIpc) is 2.76. The van der Waals surface area contributed by atoms with Gasteiger partial charge in [-0.1, -0.05) is 12.1 Å². The van der Waals surface area contributed by atoms with Gasteiger partial charge in [-0.3, -0.25) is 4.79 Å². The van der Waals surface area contributed by atoms with E-state index in [-0.39, 0.29) is 17.2 Å². The first-order valence-electron chi connectivity index (χ1n) is 9.45. The van der Waals surface area contributed by atoms with Gasteiger partial charge in [0.05, 0.1) is 25.2 Å². The molecule has 0 aliphatic heterocycles. The number of ether oxygens (including phenoxy) is 3. The molecule has 2 rings (SSSR count). The van der Waals surface area contributed by atoms with E-state index in [1.807, 2.05) is 0 Å². The summed E-state index contributed by atoms with van der Waals surface area (Å²) in [7, 11) is 0.787. The molecular formula is C21H28N2O6S. The van der Waals surface area contributed by atoms with Crippen molar-refractivity contribution in [1.82, 2.24) is 10.0 Å². The molecular weight excluding hydrogens is 408 g/mol. The summed E-state index contributed by atoms with van der Waals surface area (Å²) in [6.45, 7) is 0.986. The molecule has 8 nitrogen and oxygen atoms in total. The molecule has 0 heterocycles. The van der Waals surface area contributed by atoms with Gasteiger partial charge in [-0.15, -0.1) is 0 Å². The van der Waals surface area contributed by atoms with E-state index in [1.54, 1.807) is 50.6 Å². The third-order valence-electron chi connectivity index (χ3n) is 4.42. The molecule has 0 saturated carbocycles. The van der Waals surface area contributed by atoms with Gasteiger partial charge in [0.2, 0.25) is 15.9 Å². The number of benzene rings is 2. The second-order valence-corrected chi connectivity index (χ2v) is 8.24. The normalized spacial score (nSPS) is 12.2. The zero-order valence-corrected chi connectivity index (χ0v) is 18.2. The molecule has 0 fully saturated rings. The van der Waals surface area contributed by atoms with Crippen molar-refractivity contribution >= 4 is 15.9 Å². The van der Waals surface area contributed by atoms with E-state index in [0.29, 0.717) is 36.6 Å². The molecule has 2 aromatic rings. The first kappa shape index (κ1) is 23.7. The van der Waals surface area contributed by atoms with Gasteiger partial charge in [-0.25, -0.2) is 13.1 Å². The Morgan fingerprint density at radius 3 is 2.03 bits per heavy atom. The van der Waals surface area contributed by atoms with Crippen molar-refractivity contribution in [2.24, 2.45) is 0 Å². The van der Waals surface area contributed by atoms with Gasteiger partial charge < -0.3 is 19.5 Å². The Morgan fingerprint density at radius 1 is 0.933 bits per heavy atom. The van der Waals surface area contributed by atoms with Gasteiger partial charge in [-0.05, 0) is 48.4 Å². The fourth-order valence-corrected chi connectivity index (χ4v) is 4.00. The second-order valence-electron chi connectivity index (χ2n) is 6.52. The maximum absolute atomic E-state index is 12.9. The van der Waals surface area contributed by atoms with Crippen LogP contribution in [0.5, 0.6) is 11.5 Å². The minimum atomic E-state index is -3.86. The molecule has 164 valence electrons. The molecule has 0 radical (unpaired) electrons. The van der Waals surface area contributed by atoms with E-state index in [4.69, 9.17) is 14.2 Å². The van der Waals surface area contributed by atoms with Gasteiger partial charge in [0, 0.05) is 26.7 Å². The van der Waals surface area contributed by atoms with Crippen LogP contribution < -0.4 is 19.5 Å². The molecule has 0 unspecified atom stereocenters. The predicted octanol–water partition coefficient (Wildman–Crippen LogP) is 2.27. The highest BCUT2D eigenvalue weighted by Crippen LogP contribution is 2.24. The van der Waals surface area contributed by atoms with Crippen molar-refractivity contribution in [2.45, 2.75) is 23.8 Å². The minimum absolute atomic E-state index is 0.0469. The summed E-state index contributed by atoms with van der Waals surface area (Å²) >= 11 is 0. The Bertz CT molecular complexity index is 898. The number of nitrogens with one attached hydrogen (secondary N) is 2. The van der Waals surface area contributed by atoms with Crippen LogP contribution in [0.2, 0.25) is 0 Å². The van der Waals surface area contributed by atoms with E-state index in [0.717, 1.165) is 0 Å². The lowest BCUT2D eigenvalue weighted by Gasteiger charge is -2.19. The van der Waals surface area contributed by atoms with Crippen molar-refractivity contribution < 1.29 is 27.4 Å². The van der Waals surface area contributed by atoms with Crippen LogP contribution in [0.1, 0.15) is 24.4 Å². The number of hydrogen-bond acceptors (Lipinski definition) is 6. The zero-order chi connectivity index (χ0) is 22.0. The van der Waals surface area contributed by atoms with Gasteiger partial charge in [0.15, 0.2) is 0 Å². The molecule has 0 aromatic heterocycles. The van der Waals surface area contributed by atoms with E-state index in [9.17, 15) is 13.2 Å². The Morgan fingerprint density at radius 2 is 1.50 bits per heavy atom. The van der Waals surface area contributed by atoms with Crippen LogP contribution in [0.3, 0.4) is 0 Å². The fraction of sp³-hybridized carbons (Fsp3) is 0.381. The molecule has 2 N–H and O–H groups in total. The van der Waals surface area contributed by atoms with Crippen molar-refractivity contribution in [1.29, 1.82) is 0 Å². The lowest BCUT2D eigenvalue weighted by atomic mass is 10.0. The SMILES string of the molecule is COCCCNC(=O)C[C@H](NS(=O)(=O)c1ccc(OC)cc1)c1ccc(OC)cc1. The van der Waals surface area contributed by atoms with Gasteiger partial charge in [-0.2, -0.15) is 0 Å². The third-order valence-corrected chi connectivity index (χ3v) is 5.91. The number of rotatable bonds is 12. The largest absolute Gasteiger partial charge is 0.497 e. The third kappa shape index (κ3) is 7.01. The zero-order valence-electron chi connectivity index (χ0n) is 17.4. The quantitative estimate of drug-likeness (QED) is 0.495. The van der Waals surface area contributed by atoms with Crippen LogP contribution in [-0.4, -0.2) is 48.8 Å². The van der Waals surface area contributed by atoms with Crippen molar-refractivity contribution in [3.05, 3.63) is 54.1 Å². The minimum Gasteiger partial charge on any atom is -0.497 e. The lowest BCUT2D eigenvalue weighted by molar-refractivity contribution is -0.121. The van der Waals surface area contributed by atoms with Crippen LogP contribution in [0.25, 0.3) is 0 Å². The van der Waals surface area contributed by atoms with E-state index in [1.165, 1.54) is 19.2 Å². The summed E-state index contributed by atoms with van der Waals surface area (Å²) in [4.78, 5) is 12.5. The summed E-state index contributed by atoms with van der Waals surface area (Å²) in [6, 6.07) is 12.2. The van der Waals surface area contributed by atoms with Crippen LogP contribution in [0.4, 0.5) is 0 Å². The first-order valence-corrected chi connectivity index (χ1v) is 10.9. The molecule has 0 saturated heterocycles. The number of sulfonamides is 1. The number of carbonyl (C=O) groups is 1. The Labute approximate surface area is 177 Å². The van der Waals surface area contributed by atoms with E-state index < -0.39 is 16.1 Å². The first-order chi connectivity index (χ1) is 14.4. The predicted molar refractivity (Wildman–Crippen MR) is 113 cm³/mol. The van der Waals surface area contributed by atoms with Crippen LogP contribution in [-0.2, 0) is 19.6 Å². The molecule has 1 atom stereocenters. The van der Waals surface area contributed by atoms with E-state index >= 15 is 0 Å². The Hall–Kier alpha value is -2.62. The standard InChI is InChI=1S/C21H28N2O6S/c1-27-14-4-13-22-21(24)15-20(16-5-7-17(28-2)8-6-16)23-30(25,26)19-11-9-18(29-3)10-12-19/h5-12,20,23H,4,13-15H2,1-3H3,(H,22,24)/t20-/m0/s1. The monoisotopic (exact) mass is 436 g/mol. The summed E-state index contributed by atoms with van der Waals surface area (Å²) < 4.78 is 43.6. The lowest BCUT2D eigenvalue weighted by Crippen LogP contribution is -2.34. The molecule has 0 aliphatic rings. The van der Waals surface area contributed by atoms with Crippen molar-refractivity contribution in [3.8, 4) is 11.5 Å². The van der Waals surface area contributed by atoms with Crippen molar-refractivity contribution in [3.63, 3.8) is 0 Å². The maximum atomic E-state index is 12.9. The summed E-state index contributed by atoms with van der Waals surface area (Å²) in [5, 5.41) is 2.79. The molecule has 0 spiro atoms. The molecule has 9 heteroatoms. The number of amides is 1. The number of carbonyl (C=O) groups excluding carboxylic acids is 1. The van der Waals surface area contributed by atoms with Crippen LogP contribution >= 0.6 is 0 Å². The van der Waals surface area contributed by atoms with Gasteiger partial charge in [0.1, 0.15) is 11.5 Å².